The summed E-state index contributed by atoms with van der Waals surface area (Å²) in [5.41, 5.74) is 1.09. The Balaban J connectivity index is 0.00000139. The largest absolute Gasteiger partial charge is 0.386 e. The standard InChI is InChI=1S/C13H12Cl2FN3O3.C2H6/c14-11(15)13(21)18-9(5-16)10(20)7-1-3-8(4-2-7)12-17-6-22-19-12;1-2/h1-4,6,9-11,20H,5H2,(H,18,21);1-2H3. The maximum atomic E-state index is 13.0. The van der Waals surface area contributed by atoms with Crippen LogP contribution in [-0.4, -0.2) is 38.7 Å². The Bertz CT molecular complexity index is 609. The van der Waals surface area contributed by atoms with Crippen molar-refractivity contribution in [3.63, 3.8) is 0 Å². The van der Waals surface area contributed by atoms with Crippen LogP contribution in [0.1, 0.15) is 25.5 Å². The molecule has 6 nitrogen and oxygen atoms in total. The molecular weight excluding hydrogens is 360 g/mol. The summed E-state index contributed by atoms with van der Waals surface area (Å²) in [7, 11) is 0. The van der Waals surface area contributed by atoms with Gasteiger partial charge in [0.2, 0.25) is 12.2 Å². The van der Waals surface area contributed by atoms with Crippen molar-refractivity contribution in [2.24, 2.45) is 0 Å². The number of hydrogen-bond acceptors (Lipinski definition) is 5. The second kappa shape index (κ2) is 10.2. The predicted molar refractivity (Wildman–Crippen MR) is 89.4 cm³/mol. The highest BCUT2D eigenvalue weighted by Crippen LogP contribution is 2.22. The zero-order chi connectivity index (χ0) is 18.1. The topological polar surface area (TPSA) is 88.2 Å². The van der Waals surface area contributed by atoms with E-state index in [1.807, 2.05) is 13.8 Å². The molecule has 2 N–H and O–H groups in total. The highest BCUT2D eigenvalue weighted by atomic mass is 35.5. The number of carbonyl (C=O) groups excluding carboxylic acids is 1. The number of rotatable bonds is 6. The molecule has 0 spiro atoms. The molecule has 1 heterocycles. The predicted octanol–water partition coefficient (Wildman–Crippen LogP) is 3.05. The number of nitrogens with one attached hydrogen (secondary N) is 1. The van der Waals surface area contributed by atoms with E-state index >= 15 is 0 Å². The zero-order valence-corrected chi connectivity index (χ0v) is 14.6. The maximum Gasteiger partial charge on any atom is 0.253 e. The molecule has 24 heavy (non-hydrogen) atoms. The molecule has 1 aromatic carbocycles. The van der Waals surface area contributed by atoms with Gasteiger partial charge in [-0.1, -0.05) is 66.5 Å². The first-order valence-corrected chi connectivity index (χ1v) is 8.09. The Kier molecular flexibility index (Phi) is 8.67. The first kappa shape index (κ1) is 20.3. The van der Waals surface area contributed by atoms with E-state index in [4.69, 9.17) is 23.2 Å². The second-order valence-corrected chi connectivity index (χ2v) is 5.49. The molecular formula is C15H18Cl2FN3O3. The Morgan fingerprint density at radius 3 is 2.42 bits per heavy atom. The molecule has 0 saturated carbocycles. The second-order valence-electron chi connectivity index (χ2n) is 4.39. The first-order chi connectivity index (χ1) is 11.5. The van der Waals surface area contributed by atoms with Crippen molar-refractivity contribution in [3.8, 4) is 11.4 Å². The van der Waals surface area contributed by atoms with Crippen LogP contribution in [-0.2, 0) is 4.79 Å². The molecule has 2 rings (SSSR count). The monoisotopic (exact) mass is 377 g/mol. The van der Waals surface area contributed by atoms with Gasteiger partial charge in [0.15, 0.2) is 4.84 Å². The van der Waals surface area contributed by atoms with E-state index in [1.54, 1.807) is 24.3 Å². The van der Waals surface area contributed by atoms with Gasteiger partial charge in [-0.15, -0.1) is 0 Å². The third-order valence-corrected chi connectivity index (χ3v) is 3.34. The number of halogens is 3. The van der Waals surface area contributed by atoms with Crippen molar-refractivity contribution < 1.29 is 18.8 Å². The minimum atomic E-state index is -1.33. The minimum absolute atomic E-state index is 0.392. The summed E-state index contributed by atoms with van der Waals surface area (Å²) < 4.78 is 17.7. The van der Waals surface area contributed by atoms with Crippen molar-refractivity contribution in [2.45, 2.75) is 30.8 Å². The van der Waals surface area contributed by atoms with Crippen LogP contribution in [0, 0.1) is 0 Å². The van der Waals surface area contributed by atoms with E-state index in [9.17, 15) is 14.3 Å². The lowest BCUT2D eigenvalue weighted by molar-refractivity contribution is -0.121. The number of aromatic nitrogens is 2. The highest BCUT2D eigenvalue weighted by Gasteiger charge is 2.25. The van der Waals surface area contributed by atoms with Crippen LogP contribution in [0.25, 0.3) is 11.4 Å². The fraction of sp³-hybridized carbons (Fsp3) is 0.400. The average molecular weight is 378 g/mol. The van der Waals surface area contributed by atoms with E-state index in [-0.39, 0.29) is 0 Å². The first-order valence-electron chi connectivity index (χ1n) is 7.22. The smallest absolute Gasteiger partial charge is 0.253 e. The van der Waals surface area contributed by atoms with Gasteiger partial charge >= 0.3 is 0 Å². The van der Waals surface area contributed by atoms with Crippen molar-refractivity contribution in [3.05, 3.63) is 36.2 Å². The molecule has 0 saturated heterocycles. The molecule has 1 aromatic heterocycles. The van der Waals surface area contributed by atoms with Crippen LogP contribution in [0.3, 0.4) is 0 Å². The number of aliphatic hydroxyl groups is 1. The van der Waals surface area contributed by atoms with Gasteiger partial charge in [-0.2, -0.15) is 4.98 Å². The third kappa shape index (κ3) is 5.43. The van der Waals surface area contributed by atoms with Crippen LogP contribution in [0.4, 0.5) is 4.39 Å². The summed E-state index contributed by atoms with van der Waals surface area (Å²) in [5, 5.41) is 16.1. The maximum absolute atomic E-state index is 13.0. The van der Waals surface area contributed by atoms with Crippen LogP contribution in [0.15, 0.2) is 35.2 Å². The van der Waals surface area contributed by atoms with Gasteiger partial charge in [-0.25, -0.2) is 4.39 Å². The quantitative estimate of drug-likeness (QED) is 0.755. The number of nitrogens with zero attached hydrogens (tertiary/aromatic N) is 2. The lowest BCUT2D eigenvalue weighted by Gasteiger charge is -2.22. The fourth-order valence-corrected chi connectivity index (χ4v) is 1.93. The lowest BCUT2D eigenvalue weighted by atomic mass is 10.0. The molecule has 0 bridgehead atoms. The molecule has 2 unspecified atom stereocenters. The van der Waals surface area contributed by atoms with Gasteiger partial charge in [0, 0.05) is 5.56 Å². The Labute approximate surface area is 149 Å². The van der Waals surface area contributed by atoms with E-state index in [2.05, 4.69) is 20.0 Å². The fourth-order valence-electron chi connectivity index (χ4n) is 1.81. The van der Waals surface area contributed by atoms with Gasteiger partial charge in [-0.05, 0) is 5.56 Å². The van der Waals surface area contributed by atoms with Crippen LogP contribution >= 0.6 is 23.2 Å². The molecule has 9 heteroatoms. The summed E-state index contributed by atoms with van der Waals surface area (Å²) in [6, 6.07) is 5.29. The molecule has 0 radical (unpaired) electrons. The molecule has 2 atom stereocenters. The van der Waals surface area contributed by atoms with Gasteiger partial charge in [0.05, 0.1) is 6.04 Å². The summed E-state index contributed by atoms with van der Waals surface area (Å²) in [4.78, 5) is 13.9. The van der Waals surface area contributed by atoms with Crippen LogP contribution in [0.2, 0.25) is 0 Å². The SMILES string of the molecule is CC.O=C(NC(CF)C(O)c1ccc(-c2ncon2)cc1)C(Cl)Cl. The van der Waals surface area contributed by atoms with E-state index in [0.717, 1.165) is 0 Å². The van der Waals surface area contributed by atoms with E-state index in [0.29, 0.717) is 17.0 Å². The number of benzene rings is 1. The lowest BCUT2D eigenvalue weighted by Crippen LogP contribution is -2.43. The summed E-state index contributed by atoms with van der Waals surface area (Å²) in [6.07, 6.45) is -0.0538. The molecule has 0 aliphatic heterocycles. The molecule has 0 aliphatic carbocycles. The Hall–Kier alpha value is -1.70. The zero-order valence-electron chi connectivity index (χ0n) is 13.1. The molecule has 0 fully saturated rings. The van der Waals surface area contributed by atoms with Crippen LogP contribution in [0.5, 0.6) is 0 Å². The third-order valence-electron chi connectivity index (χ3n) is 2.94. The van der Waals surface area contributed by atoms with Gasteiger partial charge in [-0.3, -0.25) is 4.79 Å². The average Bonchev–Trinajstić information content (AvgIpc) is 3.15. The number of hydrogen-bond donors (Lipinski definition) is 2. The number of carbonyl (C=O) groups is 1. The number of amides is 1. The van der Waals surface area contributed by atoms with Gasteiger partial charge < -0.3 is 14.9 Å². The van der Waals surface area contributed by atoms with E-state index < -0.39 is 29.6 Å². The number of aliphatic hydroxyl groups excluding tert-OH is 1. The Morgan fingerprint density at radius 1 is 1.33 bits per heavy atom. The summed E-state index contributed by atoms with van der Waals surface area (Å²) in [6.45, 7) is 3.03. The van der Waals surface area contributed by atoms with Crippen molar-refractivity contribution in [2.75, 3.05) is 6.67 Å². The molecule has 0 aliphatic rings. The van der Waals surface area contributed by atoms with Crippen LogP contribution < -0.4 is 5.32 Å². The van der Waals surface area contributed by atoms with Gasteiger partial charge in [0.1, 0.15) is 12.8 Å². The minimum Gasteiger partial charge on any atom is -0.386 e. The Morgan fingerprint density at radius 2 is 1.96 bits per heavy atom. The molecule has 2 aromatic rings. The normalized spacial score (nSPS) is 13.0. The molecule has 132 valence electrons. The summed E-state index contributed by atoms with van der Waals surface area (Å²) in [5.74, 6) is -0.378. The van der Waals surface area contributed by atoms with Crippen molar-refractivity contribution >= 4 is 29.1 Å². The van der Waals surface area contributed by atoms with Gasteiger partial charge in [0.25, 0.3) is 5.91 Å². The van der Waals surface area contributed by atoms with Crippen molar-refractivity contribution in [1.82, 2.24) is 15.5 Å². The number of alkyl halides is 3. The summed E-state index contributed by atoms with van der Waals surface area (Å²) >= 11 is 10.8. The van der Waals surface area contributed by atoms with E-state index in [1.165, 1.54) is 6.39 Å². The van der Waals surface area contributed by atoms with Crippen molar-refractivity contribution in [1.29, 1.82) is 0 Å². The highest BCUT2D eigenvalue weighted by molar-refractivity contribution is 6.53. The molecule has 1 amide bonds.